The third-order valence-electron chi connectivity index (χ3n) is 2.97. The van der Waals surface area contributed by atoms with E-state index < -0.39 is 0 Å². The summed E-state index contributed by atoms with van der Waals surface area (Å²) >= 11 is 0. The summed E-state index contributed by atoms with van der Waals surface area (Å²) in [5.41, 5.74) is 8.42. The van der Waals surface area contributed by atoms with Gasteiger partial charge in [0.05, 0.1) is 23.1 Å². The maximum atomic E-state index is 12.4. The van der Waals surface area contributed by atoms with Crippen LogP contribution in [0.15, 0.2) is 36.7 Å². The van der Waals surface area contributed by atoms with Gasteiger partial charge >= 0.3 is 0 Å². The van der Waals surface area contributed by atoms with Crippen LogP contribution in [0.2, 0.25) is 0 Å². The Kier molecular flexibility index (Phi) is 2.19. The molecule has 0 spiro atoms. The van der Waals surface area contributed by atoms with Crippen molar-refractivity contribution in [3.05, 3.63) is 47.9 Å². The van der Waals surface area contributed by atoms with Gasteiger partial charge in [-0.3, -0.25) is 4.79 Å². The van der Waals surface area contributed by atoms with Gasteiger partial charge in [0.15, 0.2) is 0 Å². The van der Waals surface area contributed by atoms with Gasteiger partial charge in [-0.25, -0.2) is 4.68 Å². The van der Waals surface area contributed by atoms with Crippen molar-refractivity contribution >= 4 is 22.5 Å². The summed E-state index contributed by atoms with van der Waals surface area (Å²) in [5.74, 6) is -0.181. The molecule has 0 aliphatic rings. The number of nitrogen functional groups attached to an aromatic ring is 1. The van der Waals surface area contributed by atoms with Crippen LogP contribution in [0.25, 0.3) is 10.9 Å². The number of nitrogens with zero attached hydrogens (tertiary/aromatic N) is 2. The van der Waals surface area contributed by atoms with Crippen LogP contribution in [0.5, 0.6) is 0 Å². The smallest absolute Gasteiger partial charge is 0.278 e. The summed E-state index contributed by atoms with van der Waals surface area (Å²) in [5, 5.41) is 4.99. The second-order valence-electron chi connectivity index (χ2n) is 4.16. The Labute approximate surface area is 103 Å². The molecule has 3 N–H and O–H groups in total. The lowest BCUT2D eigenvalue weighted by Crippen LogP contribution is -2.13. The number of hydrogen-bond donors (Lipinski definition) is 2. The van der Waals surface area contributed by atoms with E-state index in [2.05, 4.69) is 10.1 Å². The highest BCUT2D eigenvalue weighted by Crippen LogP contribution is 2.19. The summed E-state index contributed by atoms with van der Waals surface area (Å²) in [6.45, 7) is 1.77. The van der Waals surface area contributed by atoms with E-state index in [4.69, 9.17) is 5.73 Å². The van der Waals surface area contributed by atoms with E-state index in [9.17, 15) is 4.79 Å². The molecule has 3 rings (SSSR count). The molecule has 90 valence electrons. The van der Waals surface area contributed by atoms with Crippen molar-refractivity contribution in [1.29, 1.82) is 0 Å². The standard InChI is InChI=1S/C13H12N4O/c1-8-11(14)7-17(16-8)13(18)10-3-2-4-12-9(10)5-6-15-12/h2-7,15H,14H2,1H3. The second-order valence-corrected chi connectivity index (χ2v) is 4.16. The summed E-state index contributed by atoms with van der Waals surface area (Å²) in [7, 11) is 0. The number of aryl methyl sites for hydroxylation is 1. The van der Waals surface area contributed by atoms with Gasteiger partial charge in [-0.15, -0.1) is 0 Å². The van der Waals surface area contributed by atoms with Gasteiger partial charge in [0.2, 0.25) is 0 Å². The van der Waals surface area contributed by atoms with Crippen molar-refractivity contribution in [3.8, 4) is 0 Å². The van der Waals surface area contributed by atoms with Crippen LogP contribution in [0, 0.1) is 6.92 Å². The molecule has 0 saturated heterocycles. The molecule has 18 heavy (non-hydrogen) atoms. The fraction of sp³-hybridized carbons (Fsp3) is 0.0769. The fourth-order valence-electron chi connectivity index (χ4n) is 1.97. The van der Waals surface area contributed by atoms with Crippen molar-refractivity contribution in [2.24, 2.45) is 0 Å². The predicted molar refractivity (Wildman–Crippen MR) is 69.4 cm³/mol. The zero-order valence-corrected chi connectivity index (χ0v) is 9.84. The van der Waals surface area contributed by atoms with E-state index in [0.717, 1.165) is 10.9 Å². The molecule has 2 aromatic heterocycles. The molecule has 0 aliphatic carbocycles. The summed E-state index contributed by atoms with van der Waals surface area (Å²) < 4.78 is 1.28. The zero-order valence-electron chi connectivity index (χ0n) is 9.84. The summed E-state index contributed by atoms with van der Waals surface area (Å²) in [6, 6.07) is 7.43. The van der Waals surface area contributed by atoms with Crippen molar-refractivity contribution in [3.63, 3.8) is 0 Å². The molecule has 0 unspecified atom stereocenters. The van der Waals surface area contributed by atoms with E-state index in [-0.39, 0.29) is 5.91 Å². The number of H-pyrrole nitrogens is 1. The number of anilines is 1. The van der Waals surface area contributed by atoms with Crippen LogP contribution in [-0.4, -0.2) is 20.7 Å². The third kappa shape index (κ3) is 1.48. The minimum absolute atomic E-state index is 0.181. The molecule has 0 radical (unpaired) electrons. The highest BCUT2D eigenvalue weighted by atomic mass is 16.2. The lowest BCUT2D eigenvalue weighted by atomic mass is 10.1. The Balaban J connectivity index is 2.14. The van der Waals surface area contributed by atoms with Crippen LogP contribution >= 0.6 is 0 Å². The first-order valence-electron chi connectivity index (χ1n) is 5.59. The van der Waals surface area contributed by atoms with Crippen LogP contribution in [0.3, 0.4) is 0 Å². The van der Waals surface area contributed by atoms with Crippen LogP contribution in [-0.2, 0) is 0 Å². The number of rotatable bonds is 1. The van der Waals surface area contributed by atoms with Crippen LogP contribution in [0.1, 0.15) is 16.1 Å². The maximum Gasteiger partial charge on any atom is 0.278 e. The fourth-order valence-corrected chi connectivity index (χ4v) is 1.97. The molecular formula is C13H12N4O. The first-order chi connectivity index (χ1) is 8.66. The molecule has 0 aliphatic heterocycles. The Hall–Kier alpha value is -2.56. The Bertz CT molecular complexity index is 719. The number of aromatic amines is 1. The van der Waals surface area contributed by atoms with E-state index in [0.29, 0.717) is 16.9 Å². The average Bonchev–Trinajstić information content (AvgIpc) is 2.95. The Morgan fingerprint density at radius 1 is 1.39 bits per heavy atom. The third-order valence-corrected chi connectivity index (χ3v) is 2.97. The molecule has 0 saturated carbocycles. The molecule has 0 amide bonds. The number of benzene rings is 1. The van der Waals surface area contributed by atoms with E-state index in [1.807, 2.05) is 24.4 Å². The maximum absolute atomic E-state index is 12.4. The molecular weight excluding hydrogens is 228 g/mol. The van der Waals surface area contributed by atoms with Crippen molar-refractivity contribution in [2.75, 3.05) is 5.73 Å². The molecule has 0 atom stereocenters. The van der Waals surface area contributed by atoms with Gasteiger partial charge in [0.1, 0.15) is 0 Å². The molecule has 5 heteroatoms. The number of nitrogens with two attached hydrogens (primary N) is 1. The summed E-state index contributed by atoms with van der Waals surface area (Å²) in [6.07, 6.45) is 3.35. The topological polar surface area (TPSA) is 76.7 Å². The molecule has 0 fully saturated rings. The van der Waals surface area contributed by atoms with Crippen molar-refractivity contribution < 1.29 is 4.79 Å². The Morgan fingerprint density at radius 3 is 2.94 bits per heavy atom. The minimum atomic E-state index is -0.181. The number of carbonyl (C=O) groups excluding carboxylic acids is 1. The monoisotopic (exact) mass is 240 g/mol. The first-order valence-corrected chi connectivity index (χ1v) is 5.59. The SMILES string of the molecule is Cc1nn(C(=O)c2cccc3[nH]ccc23)cc1N. The zero-order chi connectivity index (χ0) is 12.7. The largest absolute Gasteiger partial charge is 0.396 e. The van der Waals surface area contributed by atoms with Crippen LogP contribution < -0.4 is 5.73 Å². The molecule has 5 nitrogen and oxygen atoms in total. The molecule has 2 heterocycles. The van der Waals surface area contributed by atoms with Gasteiger partial charge in [-0.2, -0.15) is 5.10 Å². The minimum Gasteiger partial charge on any atom is -0.396 e. The number of fused-ring (bicyclic) bond motifs is 1. The predicted octanol–water partition coefficient (Wildman–Crippen LogP) is 1.94. The highest BCUT2D eigenvalue weighted by molar-refractivity contribution is 6.07. The summed E-state index contributed by atoms with van der Waals surface area (Å²) in [4.78, 5) is 15.4. The van der Waals surface area contributed by atoms with Gasteiger partial charge in [-0.05, 0) is 25.1 Å². The normalized spacial score (nSPS) is 10.9. The van der Waals surface area contributed by atoms with Gasteiger partial charge < -0.3 is 10.7 Å². The number of hydrogen-bond acceptors (Lipinski definition) is 3. The first kappa shape index (κ1) is 10.6. The van der Waals surface area contributed by atoms with Gasteiger partial charge in [0, 0.05) is 17.1 Å². The quantitative estimate of drug-likeness (QED) is 0.682. The lowest BCUT2D eigenvalue weighted by Gasteiger charge is -2.02. The number of carbonyl (C=O) groups is 1. The molecule has 3 aromatic rings. The van der Waals surface area contributed by atoms with E-state index in [1.165, 1.54) is 4.68 Å². The Morgan fingerprint density at radius 2 is 2.22 bits per heavy atom. The average molecular weight is 240 g/mol. The highest BCUT2D eigenvalue weighted by Gasteiger charge is 2.14. The van der Waals surface area contributed by atoms with Crippen molar-refractivity contribution in [2.45, 2.75) is 6.92 Å². The van der Waals surface area contributed by atoms with E-state index in [1.54, 1.807) is 19.2 Å². The van der Waals surface area contributed by atoms with Gasteiger partial charge in [-0.1, -0.05) is 6.07 Å². The lowest BCUT2D eigenvalue weighted by molar-refractivity contribution is 0.0946. The number of aromatic nitrogens is 3. The molecule has 0 bridgehead atoms. The molecule has 1 aromatic carbocycles. The second kappa shape index (κ2) is 3.73. The number of nitrogens with one attached hydrogen (secondary N) is 1. The van der Waals surface area contributed by atoms with Crippen molar-refractivity contribution in [1.82, 2.24) is 14.8 Å². The van der Waals surface area contributed by atoms with Gasteiger partial charge in [0.25, 0.3) is 5.91 Å². The van der Waals surface area contributed by atoms with Crippen LogP contribution in [0.4, 0.5) is 5.69 Å². The van der Waals surface area contributed by atoms with E-state index >= 15 is 0 Å².